The SMILES string of the molecule is N#C[C@@H](c1nc2ccccc2nc1NC1CCCC1)S(=O)(=O)c1ccc(Cl)cc1. The number of hydrogen-bond donors (Lipinski definition) is 1. The van der Waals surface area contributed by atoms with E-state index < -0.39 is 15.1 Å². The Morgan fingerprint density at radius 3 is 2.28 bits per heavy atom. The second-order valence-corrected chi connectivity index (χ2v) is 9.55. The minimum absolute atomic E-state index is 0.0234. The van der Waals surface area contributed by atoms with E-state index in [9.17, 15) is 13.7 Å². The Morgan fingerprint density at radius 1 is 1.03 bits per heavy atom. The van der Waals surface area contributed by atoms with Crippen molar-refractivity contribution in [2.45, 2.75) is 41.9 Å². The van der Waals surface area contributed by atoms with Crippen molar-refractivity contribution in [3.8, 4) is 6.07 Å². The Kier molecular flexibility index (Phi) is 5.39. The van der Waals surface area contributed by atoms with Gasteiger partial charge in [0.2, 0.25) is 9.84 Å². The molecule has 29 heavy (non-hydrogen) atoms. The molecule has 0 bridgehead atoms. The Hall–Kier alpha value is -2.69. The lowest BCUT2D eigenvalue weighted by Gasteiger charge is -2.19. The van der Waals surface area contributed by atoms with E-state index in [-0.39, 0.29) is 16.6 Å². The highest BCUT2D eigenvalue weighted by Crippen LogP contribution is 2.34. The number of nitrogens with one attached hydrogen (secondary N) is 1. The van der Waals surface area contributed by atoms with Crippen LogP contribution in [0.1, 0.15) is 36.6 Å². The second-order valence-electron chi connectivity index (χ2n) is 7.08. The number of aromatic nitrogens is 2. The number of benzene rings is 2. The van der Waals surface area contributed by atoms with E-state index in [1.165, 1.54) is 24.3 Å². The average Bonchev–Trinajstić information content (AvgIpc) is 3.22. The van der Waals surface area contributed by atoms with Crippen molar-refractivity contribution in [3.63, 3.8) is 0 Å². The van der Waals surface area contributed by atoms with Crippen molar-refractivity contribution in [1.29, 1.82) is 5.26 Å². The number of anilines is 1. The molecule has 4 rings (SSSR count). The molecular formula is C21H19ClN4O2S. The van der Waals surface area contributed by atoms with Crippen LogP contribution in [0.15, 0.2) is 53.4 Å². The Bertz CT molecular complexity index is 1180. The molecule has 6 nitrogen and oxygen atoms in total. The summed E-state index contributed by atoms with van der Waals surface area (Å²) < 4.78 is 26.5. The fourth-order valence-corrected chi connectivity index (χ4v) is 5.11. The molecule has 3 aromatic rings. The molecule has 148 valence electrons. The van der Waals surface area contributed by atoms with Crippen LogP contribution in [0.4, 0.5) is 5.82 Å². The van der Waals surface area contributed by atoms with Gasteiger partial charge in [-0.2, -0.15) is 5.26 Å². The normalized spacial score (nSPS) is 15.9. The minimum Gasteiger partial charge on any atom is -0.366 e. The van der Waals surface area contributed by atoms with Gasteiger partial charge in [-0.1, -0.05) is 36.6 Å². The number of hydrogen-bond acceptors (Lipinski definition) is 6. The van der Waals surface area contributed by atoms with Crippen LogP contribution in [0.5, 0.6) is 0 Å². The van der Waals surface area contributed by atoms with E-state index in [4.69, 9.17) is 11.6 Å². The highest BCUT2D eigenvalue weighted by atomic mass is 35.5. The summed E-state index contributed by atoms with van der Waals surface area (Å²) in [4.78, 5) is 9.19. The molecule has 1 atom stereocenters. The highest BCUT2D eigenvalue weighted by molar-refractivity contribution is 7.92. The molecule has 0 saturated heterocycles. The van der Waals surface area contributed by atoms with E-state index in [1.54, 1.807) is 12.1 Å². The van der Waals surface area contributed by atoms with Gasteiger partial charge in [-0.25, -0.2) is 18.4 Å². The molecular weight excluding hydrogens is 408 g/mol. The maximum Gasteiger partial charge on any atom is 0.200 e. The summed E-state index contributed by atoms with van der Waals surface area (Å²) in [6.45, 7) is 0. The average molecular weight is 427 g/mol. The van der Waals surface area contributed by atoms with Crippen LogP contribution in [-0.2, 0) is 9.84 Å². The van der Waals surface area contributed by atoms with Gasteiger partial charge in [0, 0.05) is 11.1 Å². The molecule has 1 saturated carbocycles. The van der Waals surface area contributed by atoms with Crippen LogP contribution in [0.2, 0.25) is 5.02 Å². The first-order chi connectivity index (χ1) is 14.0. The number of rotatable bonds is 5. The lowest BCUT2D eigenvalue weighted by atomic mass is 10.2. The van der Waals surface area contributed by atoms with Gasteiger partial charge in [0.15, 0.2) is 11.1 Å². The van der Waals surface area contributed by atoms with Gasteiger partial charge in [0.25, 0.3) is 0 Å². The molecule has 0 amide bonds. The van der Waals surface area contributed by atoms with Crippen LogP contribution >= 0.6 is 11.6 Å². The minimum atomic E-state index is -4.01. The standard InChI is InChI=1S/C21H19ClN4O2S/c22-14-9-11-16(12-10-14)29(27,28)19(13-23)20-21(24-15-5-1-2-6-15)26-18-8-4-3-7-17(18)25-20/h3-4,7-12,15,19H,1-2,5-6H2,(H,24,26)/t19-/m0/s1. The molecule has 2 aromatic carbocycles. The van der Waals surface area contributed by atoms with Gasteiger partial charge in [-0.05, 0) is 49.2 Å². The van der Waals surface area contributed by atoms with E-state index >= 15 is 0 Å². The summed E-state index contributed by atoms with van der Waals surface area (Å²) in [6.07, 6.45) is 4.18. The monoisotopic (exact) mass is 426 g/mol. The molecule has 0 radical (unpaired) electrons. The Balaban J connectivity index is 1.84. The third kappa shape index (κ3) is 3.91. The summed E-state index contributed by atoms with van der Waals surface area (Å²) in [5.74, 6) is 0.361. The molecule has 0 unspecified atom stereocenters. The molecule has 1 N–H and O–H groups in total. The Labute approximate surface area is 174 Å². The second kappa shape index (κ2) is 7.97. The quantitative estimate of drug-likeness (QED) is 0.636. The fourth-order valence-electron chi connectivity index (χ4n) is 3.60. The first-order valence-corrected chi connectivity index (χ1v) is 11.3. The lowest BCUT2D eigenvalue weighted by molar-refractivity contribution is 0.590. The number of fused-ring (bicyclic) bond motifs is 1. The topological polar surface area (TPSA) is 95.7 Å². The van der Waals surface area contributed by atoms with Gasteiger partial charge in [-0.3, -0.25) is 0 Å². The van der Waals surface area contributed by atoms with Crippen LogP contribution in [-0.4, -0.2) is 24.4 Å². The van der Waals surface area contributed by atoms with Crippen LogP contribution < -0.4 is 5.32 Å². The number of sulfone groups is 1. The molecule has 1 aliphatic rings. The van der Waals surface area contributed by atoms with Crippen molar-refractivity contribution in [1.82, 2.24) is 9.97 Å². The van der Waals surface area contributed by atoms with E-state index in [0.717, 1.165) is 25.7 Å². The largest absolute Gasteiger partial charge is 0.366 e. The molecule has 1 heterocycles. The van der Waals surface area contributed by atoms with Gasteiger partial charge in [0.05, 0.1) is 22.0 Å². The number of nitrogens with zero attached hydrogens (tertiary/aromatic N) is 3. The number of halogens is 1. The highest BCUT2D eigenvalue weighted by Gasteiger charge is 2.34. The summed E-state index contributed by atoms with van der Waals surface area (Å²) in [6, 6.07) is 15.2. The predicted octanol–water partition coefficient (Wildman–Crippen LogP) is 4.68. The van der Waals surface area contributed by atoms with Crippen LogP contribution in [0.3, 0.4) is 0 Å². The van der Waals surface area contributed by atoms with E-state index in [1.807, 2.05) is 18.2 Å². The summed E-state index contributed by atoms with van der Waals surface area (Å²) >= 11 is 5.89. The zero-order valence-corrected chi connectivity index (χ0v) is 17.1. The first-order valence-electron chi connectivity index (χ1n) is 9.41. The van der Waals surface area contributed by atoms with Gasteiger partial charge < -0.3 is 5.32 Å². The lowest BCUT2D eigenvalue weighted by Crippen LogP contribution is -2.21. The third-order valence-electron chi connectivity index (χ3n) is 5.11. The van der Waals surface area contributed by atoms with Crippen LogP contribution in [0, 0.1) is 11.3 Å². The first kappa shape index (κ1) is 19.6. The number of para-hydroxylation sites is 2. The summed E-state index contributed by atoms with van der Waals surface area (Å²) in [5.41, 5.74) is 1.33. The molecule has 0 aliphatic heterocycles. The van der Waals surface area contributed by atoms with Crippen molar-refractivity contribution in [3.05, 3.63) is 59.2 Å². The van der Waals surface area contributed by atoms with Crippen molar-refractivity contribution < 1.29 is 8.42 Å². The van der Waals surface area contributed by atoms with Gasteiger partial charge >= 0.3 is 0 Å². The molecule has 1 fully saturated rings. The maximum absolute atomic E-state index is 13.2. The maximum atomic E-state index is 13.2. The van der Waals surface area contributed by atoms with Crippen molar-refractivity contribution in [2.75, 3.05) is 5.32 Å². The zero-order valence-electron chi connectivity index (χ0n) is 15.5. The Morgan fingerprint density at radius 2 is 1.66 bits per heavy atom. The van der Waals surface area contributed by atoms with Gasteiger partial charge in [-0.15, -0.1) is 0 Å². The molecule has 8 heteroatoms. The molecule has 0 spiro atoms. The molecule has 1 aromatic heterocycles. The summed E-state index contributed by atoms with van der Waals surface area (Å²) in [5, 5.41) is 12.1. The van der Waals surface area contributed by atoms with E-state index in [0.29, 0.717) is 21.9 Å². The fraction of sp³-hybridized carbons (Fsp3) is 0.286. The van der Waals surface area contributed by atoms with Crippen molar-refractivity contribution in [2.24, 2.45) is 0 Å². The number of nitriles is 1. The zero-order chi connectivity index (χ0) is 20.4. The third-order valence-corrected chi connectivity index (χ3v) is 7.24. The van der Waals surface area contributed by atoms with Crippen LogP contribution in [0.25, 0.3) is 11.0 Å². The molecule has 1 aliphatic carbocycles. The van der Waals surface area contributed by atoms with E-state index in [2.05, 4.69) is 15.3 Å². The van der Waals surface area contributed by atoms with Crippen molar-refractivity contribution >= 4 is 38.3 Å². The van der Waals surface area contributed by atoms with Gasteiger partial charge in [0.1, 0.15) is 5.69 Å². The smallest absolute Gasteiger partial charge is 0.200 e. The summed E-state index contributed by atoms with van der Waals surface area (Å²) in [7, 11) is -4.01. The predicted molar refractivity (Wildman–Crippen MR) is 112 cm³/mol.